The summed E-state index contributed by atoms with van der Waals surface area (Å²) >= 11 is 0. The van der Waals surface area contributed by atoms with Crippen molar-refractivity contribution in [2.45, 2.75) is 45.1 Å². The average molecular weight is 239 g/mol. The molecule has 4 nitrogen and oxygen atoms in total. The minimum Gasteiger partial charge on any atom is -0.472 e. The van der Waals surface area contributed by atoms with Crippen molar-refractivity contribution < 1.29 is 9.13 Å². The van der Waals surface area contributed by atoms with Crippen LogP contribution in [0.3, 0.4) is 0 Å². The summed E-state index contributed by atoms with van der Waals surface area (Å²) in [5, 5.41) is 0. The molecule has 2 atom stereocenters. The largest absolute Gasteiger partial charge is 0.472 e. The maximum absolute atomic E-state index is 13.4. The van der Waals surface area contributed by atoms with Crippen LogP contribution in [0.15, 0.2) is 6.20 Å². The highest BCUT2D eigenvalue weighted by Crippen LogP contribution is 2.29. The lowest BCUT2D eigenvalue weighted by Crippen LogP contribution is -2.26. The molecule has 0 spiro atoms. The zero-order chi connectivity index (χ0) is 12.3. The second-order valence-corrected chi connectivity index (χ2v) is 4.56. The monoisotopic (exact) mass is 239 g/mol. The molecule has 0 aliphatic heterocycles. The third-order valence-electron chi connectivity index (χ3n) is 3.32. The highest BCUT2D eigenvalue weighted by molar-refractivity contribution is 5.22. The van der Waals surface area contributed by atoms with Crippen LogP contribution in [0, 0.1) is 11.7 Å². The fourth-order valence-corrected chi connectivity index (χ4v) is 2.32. The van der Waals surface area contributed by atoms with Gasteiger partial charge in [-0.15, -0.1) is 0 Å². The van der Waals surface area contributed by atoms with Gasteiger partial charge in [-0.1, -0.05) is 19.8 Å². The summed E-state index contributed by atoms with van der Waals surface area (Å²) in [6, 6.07) is 0. The van der Waals surface area contributed by atoms with Crippen molar-refractivity contribution in [1.82, 2.24) is 9.97 Å². The van der Waals surface area contributed by atoms with E-state index in [2.05, 4.69) is 16.9 Å². The predicted molar refractivity (Wildman–Crippen MR) is 63.1 cm³/mol. The van der Waals surface area contributed by atoms with E-state index in [9.17, 15) is 4.39 Å². The molecule has 0 saturated heterocycles. The molecule has 2 rings (SSSR count). The van der Waals surface area contributed by atoms with Gasteiger partial charge in [0.05, 0.1) is 6.20 Å². The van der Waals surface area contributed by atoms with E-state index >= 15 is 0 Å². The highest BCUT2D eigenvalue weighted by atomic mass is 19.1. The van der Waals surface area contributed by atoms with Gasteiger partial charge in [0.1, 0.15) is 6.10 Å². The second-order valence-electron chi connectivity index (χ2n) is 4.56. The minimum atomic E-state index is -0.544. The summed E-state index contributed by atoms with van der Waals surface area (Å²) in [4.78, 5) is 7.36. The maximum atomic E-state index is 13.4. The van der Waals surface area contributed by atoms with Crippen molar-refractivity contribution in [3.05, 3.63) is 12.0 Å². The molecule has 1 aromatic heterocycles. The Balaban J connectivity index is 2.02. The molecule has 0 aromatic carbocycles. The molecule has 1 aliphatic rings. The predicted octanol–water partition coefficient (Wildman–Crippen LogP) is 2.55. The third-order valence-corrected chi connectivity index (χ3v) is 3.32. The van der Waals surface area contributed by atoms with Crippen molar-refractivity contribution in [3.63, 3.8) is 0 Å². The Morgan fingerprint density at radius 2 is 2.35 bits per heavy atom. The van der Waals surface area contributed by atoms with Crippen molar-refractivity contribution in [2.24, 2.45) is 5.92 Å². The first kappa shape index (κ1) is 12.1. The lowest BCUT2D eigenvalue weighted by molar-refractivity contribution is 0.112. The average Bonchev–Trinajstić information content (AvgIpc) is 2.34. The molecule has 1 aromatic rings. The van der Waals surface area contributed by atoms with E-state index in [4.69, 9.17) is 10.5 Å². The van der Waals surface area contributed by atoms with Crippen LogP contribution in [-0.2, 0) is 0 Å². The number of anilines is 1. The summed E-state index contributed by atoms with van der Waals surface area (Å²) in [5.74, 6) is 0.164. The number of ether oxygens (including phenoxy) is 1. The smallest absolute Gasteiger partial charge is 0.255 e. The Bertz CT molecular complexity index is 386. The quantitative estimate of drug-likeness (QED) is 0.880. The molecule has 2 unspecified atom stereocenters. The van der Waals surface area contributed by atoms with Gasteiger partial charge in [0.15, 0.2) is 0 Å². The first-order chi connectivity index (χ1) is 8.19. The first-order valence-electron chi connectivity index (χ1n) is 6.13. The van der Waals surface area contributed by atoms with Gasteiger partial charge in [-0.3, -0.25) is 0 Å². The molecule has 1 heterocycles. The number of hydrogen-bond acceptors (Lipinski definition) is 4. The third kappa shape index (κ3) is 3.05. The van der Waals surface area contributed by atoms with E-state index in [1.54, 1.807) is 0 Å². The Labute approximate surface area is 100 Å². The first-order valence-corrected chi connectivity index (χ1v) is 6.13. The van der Waals surface area contributed by atoms with Crippen LogP contribution in [0.5, 0.6) is 5.88 Å². The maximum Gasteiger partial charge on any atom is 0.255 e. The van der Waals surface area contributed by atoms with E-state index < -0.39 is 5.82 Å². The van der Waals surface area contributed by atoms with Gasteiger partial charge in [-0.05, 0) is 25.2 Å². The zero-order valence-electron chi connectivity index (χ0n) is 10.0. The van der Waals surface area contributed by atoms with Crippen LogP contribution in [0.1, 0.15) is 39.0 Å². The van der Waals surface area contributed by atoms with E-state index in [0.717, 1.165) is 31.9 Å². The number of halogens is 1. The molecule has 5 heteroatoms. The van der Waals surface area contributed by atoms with Crippen LogP contribution in [0.2, 0.25) is 0 Å². The van der Waals surface area contributed by atoms with Crippen LogP contribution in [0.4, 0.5) is 10.3 Å². The Morgan fingerprint density at radius 1 is 1.53 bits per heavy atom. The van der Waals surface area contributed by atoms with Crippen LogP contribution < -0.4 is 10.5 Å². The number of aromatic nitrogens is 2. The molecule has 0 bridgehead atoms. The van der Waals surface area contributed by atoms with Crippen molar-refractivity contribution in [2.75, 3.05) is 5.73 Å². The lowest BCUT2D eigenvalue weighted by Gasteiger charge is -2.28. The van der Waals surface area contributed by atoms with Gasteiger partial charge in [0.25, 0.3) is 5.88 Å². The van der Waals surface area contributed by atoms with E-state index in [0.29, 0.717) is 5.92 Å². The summed E-state index contributed by atoms with van der Waals surface area (Å²) in [6.45, 7) is 2.18. The number of nitrogens with two attached hydrogens (primary N) is 1. The molecule has 1 saturated carbocycles. The molecule has 0 amide bonds. The number of nitrogen functional groups attached to an aromatic ring is 1. The van der Waals surface area contributed by atoms with Gasteiger partial charge in [-0.2, -0.15) is 9.37 Å². The Hall–Kier alpha value is -1.39. The second kappa shape index (κ2) is 5.29. The molecule has 1 aliphatic carbocycles. The van der Waals surface area contributed by atoms with E-state index in [1.807, 2.05) is 0 Å². The normalized spacial score (nSPS) is 24.6. The number of hydrogen-bond donors (Lipinski definition) is 1. The van der Waals surface area contributed by atoms with Crippen LogP contribution in [0.25, 0.3) is 0 Å². The van der Waals surface area contributed by atoms with Crippen molar-refractivity contribution in [1.29, 1.82) is 0 Å². The van der Waals surface area contributed by atoms with Crippen molar-refractivity contribution >= 4 is 5.95 Å². The molecule has 2 N–H and O–H groups in total. The summed E-state index contributed by atoms with van der Waals surface area (Å²) in [6.07, 6.45) is 6.56. The van der Waals surface area contributed by atoms with Gasteiger partial charge < -0.3 is 10.5 Å². The highest BCUT2D eigenvalue weighted by Gasteiger charge is 2.23. The molecule has 1 fully saturated rings. The summed E-state index contributed by atoms with van der Waals surface area (Å²) in [7, 11) is 0. The molecule has 94 valence electrons. The fourth-order valence-electron chi connectivity index (χ4n) is 2.32. The van der Waals surface area contributed by atoms with Crippen LogP contribution in [-0.4, -0.2) is 16.1 Å². The van der Waals surface area contributed by atoms with Gasteiger partial charge in [-0.25, -0.2) is 4.98 Å². The molecular formula is C12H18FN3O. The van der Waals surface area contributed by atoms with Gasteiger partial charge >= 0.3 is 0 Å². The number of nitrogens with zero attached hydrogens (tertiary/aromatic N) is 2. The Morgan fingerprint density at radius 3 is 3.12 bits per heavy atom. The van der Waals surface area contributed by atoms with Crippen molar-refractivity contribution in [3.8, 4) is 5.88 Å². The minimum absolute atomic E-state index is 0.0146. The van der Waals surface area contributed by atoms with Crippen LogP contribution >= 0.6 is 0 Å². The van der Waals surface area contributed by atoms with Gasteiger partial charge in [0.2, 0.25) is 11.8 Å². The number of rotatable bonds is 3. The molecular weight excluding hydrogens is 221 g/mol. The summed E-state index contributed by atoms with van der Waals surface area (Å²) in [5.41, 5.74) is 5.42. The SMILES string of the molecule is CCC1CCCC(Oc2nc(N)ncc2F)C1. The van der Waals surface area contributed by atoms with Gasteiger partial charge in [0, 0.05) is 0 Å². The van der Waals surface area contributed by atoms with E-state index in [1.165, 1.54) is 6.42 Å². The summed E-state index contributed by atoms with van der Waals surface area (Å²) < 4.78 is 19.0. The standard InChI is InChI=1S/C12H18FN3O/c1-2-8-4-3-5-9(6-8)17-11-10(13)7-15-12(14)16-11/h7-9H,2-6H2,1H3,(H2,14,15,16). The fraction of sp³-hybridized carbons (Fsp3) is 0.667. The molecule has 0 radical (unpaired) electrons. The zero-order valence-corrected chi connectivity index (χ0v) is 10.0. The van der Waals surface area contributed by atoms with E-state index in [-0.39, 0.29) is 17.9 Å². The lowest BCUT2D eigenvalue weighted by atomic mass is 9.85. The molecule has 17 heavy (non-hydrogen) atoms. The Kier molecular flexibility index (Phi) is 3.76. The topological polar surface area (TPSA) is 61.0 Å².